The van der Waals surface area contributed by atoms with E-state index >= 15 is 0 Å². The van der Waals surface area contributed by atoms with Crippen molar-refractivity contribution >= 4 is 5.78 Å². The first-order chi connectivity index (χ1) is 11.6. The SMILES string of the molecule is C#CCCN1CCN(CC(O)COc2cccc(C(C)=O)c2)CC1. The molecule has 24 heavy (non-hydrogen) atoms. The zero-order valence-electron chi connectivity index (χ0n) is 14.3. The molecule has 1 unspecified atom stereocenters. The molecule has 5 nitrogen and oxygen atoms in total. The van der Waals surface area contributed by atoms with Crippen LogP contribution in [-0.4, -0.2) is 72.7 Å². The van der Waals surface area contributed by atoms with E-state index in [0.29, 0.717) is 17.9 Å². The highest BCUT2D eigenvalue weighted by Gasteiger charge is 2.19. The molecular weight excluding hydrogens is 304 g/mol. The predicted octanol–water partition coefficient (Wildman–Crippen LogP) is 1.27. The van der Waals surface area contributed by atoms with Gasteiger partial charge in [0, 0.05) is 51.3 Å². The monoisotopic (exact) mass is 330 g/mol. The topological polar surface area (TPSA) is 53.0 Å². The van der Waals surface area contributed by atoms with E-state index in [4.69, 9.17) is 11.2 Å². The Balaban J connectivity index is 1.70. The predicted molar refractivity (Wildman–Crippen MR) is 94.3 cm³/mol. The van der Waals surface area contributed by atoms with Gasteiger partial charge in [-0.05, 0) is 19.1 Å². The van der Waals surface area contributed by atoms with Crippen molar-refractivity contribution in [1.82, 2.24) is 9.80 Å². The molecule has 1 aromatic rings. The van der Waals surface area contributed by atoms with Gasteiger partial charge in [0.2, 0.25) is 0 Å². The lowest BCUT2D eigenvalue weighted by Gasteiger charge is -2.35. The highest BCUT2D eigenvalue weighted by Crippen LogP contribution is 2.14. The number of terminal acetylenes is 1. The number of carbonyl (C=O) groups is 1. The van der Waals surface area contributed by atoms with Crippen LogP contribution < -0.4 is 4.74 Å². The Morgan fingerprint density at radius 2 is 2.04 bits per heavy atom. The van der Waals surface area contributed by atoms with Gasteiger partial charge in [0.1, 0.15) is 18.5 Å². The zero-order chi connectivity index (χ0) is 17.4. The first-order valence-electron chi connectivity index (χ1n) is 8.38. The Morgan fingerprint density at radius 3 is 2.71 bits per heavy atom. The average Bonchev–Trinajstić information content (AvgIpc) is 2.59. The van der Waals surface area contributed by atoms with Crippen molar-refractivity contribution < 1.29 is 14.6 Å². The number of piperazine rings is 1. The molecule has 130 valence electrons. The smallest absolute Gasteiger partial charge is 0.159 e. The molecule has 5 heteroatoms. The van der Waals surface area contributed by atoms with Gasteiger partial charge < -0.3 is 9.84 Å². The number of benzene rings is 1. The molecule has 1 heterocycles. The van der Waals surface area contributed by atoms with E-state index in [1.54, 1.807) is 24.3 Å². The second-order valence-corrected chi connectivity index (χ2v) is 6.15. The lowest BCUT2D eigenvalue weighted by Crippen LogP contribution is -2.49. The molecule has 0 spiro atoms. The van der Waals surface area contributed by atoms with Gasteiger partial charge in [-0.3, -0.25) is 14.6 Å². The normalized spacial score (nSPS) is 17.2. The van der Waals surface area contributed by atoms with Crippen LogP contribution >= 0.6 is 0 Å². The molecule has 1 atom stereocenters. The summed E-state index contributed by atoms with van der Waals surface area (Å²) in [5.74, 6) is 3.28. The van der Waals surface area contributed by atoms with E-state index in [9.17, 15) is 9.90 Å². The lowest BCUT2D eigenvalue weighted by atomic mass is 10.1. The summed E-state index contributed by atoms with van der Waals surface area (Å²) in [6.07, 6.45) is 5.53. The molecule has 1 aliphatic rings. The Labute approximate surface area is 144 Å². The Bertz CT molecular complexity index is 574. The molecular formula is C19H26N2O3. The minimum atomic E-state index is -0.553. The number of nitrogens with zero attached hydrogens (tertiary/aromatic N) is 2. The van der Waals surface area contributed by atoms with Crippen molar-refractivity contribution in [1.29, 1.82) is 0 Å². The number of carbonyl (C=O) groups excluding carboxylic acids is 1. The summed E-state index contributed by atoms with van der Waals surface area (Å²) in [5, 5.41) is 10.2. The maximum absolute atomic E-state index is 11.4. The highest BCUT2D eigenvalue weighted by atomic mass is 16.5. The van der Waals surface area contributed by atoms with Crippen molar-refractivity contribution in [2.75, 3.05) is 45.9 Å². The van der Waals surface area contributed by atoms with Crippen LogP contribution in [0.2, 0.25) is 0 Å². The number of aliphatic hydroxyl groups excluding tert-OH is 1. The van der Waals surface area contributed by atoms with Crippen LogP contribution in [0.5, 0.6) is 5.75 Å². The Kier molecular flexibility index (Phi) is 7.26. The first kappa shape index (κ1) is 18.5. The van der Waals surface area contributed by atoms with Crippen LogP contribution in [0.15, 0.2) is 24.3 Å². The Morgan fingerprint density at radius 1 is 1.33 bits per heavy atom. The Hall–Kier alpha value is -1.87. The van der Waals surface area contributed by atoms with Gasteiger partial charge in [-0.15, -0.1) is 12.3 Å². The third kappa shape index (κ3) is 5.97. The fraction of sp³-hybridized carbons (Fsp3) is 0.526. The molecule has 1 saturated heterocycles. The fourth-order valence-corrected chi connectivity index (χ4v) is 2.77. The second-order valence-electron chi connectivity index (χ2n) is 6.15. The van der Waals surface area contributed by atoms with Crippen LogP contribution in [0.25, 0.3) is 0 Å². The number of hydrogen-bond donors (Lipinski definition) is 1. The van der Waals surface area contributed by atoms with Crippen molar-refractivity contribution in [2.45, 2.75) is 19.4 Å². The van der Waals surface area contributed by atoms with Crippen molar-refractivity contribution in [3.63, 3.8) is 0 Å². The third-order valence-corrected chi connectivity index (χ3v) is 4.19. The maximum Gasteiger partial charge on any atom is 0.159 e. The molecule has 0 saturated carbocycles. The van der Waals surface area contributed by atoms with Gasteiger partial charge in [-0.25, -0.2) is 0 Å². The van der Waals surface area contributed by atoms with Crippen LogP contribution in [0.4, 0.5) is 0 Å². The highest BCUT2D eigenvalue weighted by molar-refractivity contribution is 5.94. The molecule has 1 fully saturated rings. The summed E-state index contributed by atoms with van der Waals surface area (Å²) in [7, 11) is 0. The standard InChI is InChI=1S/C19H26N2O3/c1-3-4-8-20-9-11-21(12-10-20)14-18(23)15-24-19-7-5-6-17(13-19)16(2)22/h1,5-7,13,18,23H,4,8-12,14-15H2,2H3. The minimum Gasteiger partial charge on any atom is -0.491 e. The molecule has 0 aliphatic carbocycles. The van der Waals surface area contributed by atoms with Gasteiger partial charge in [-0.1, -0.05) is 12.1 Å². The summed E-state index contributed by atoms with van der Waals surface area (Å²) < 4.78 is 5.61. The number of ether oxygens (including phenoxy) is 1. The number of β-amino-alcohol motifs (C(OH)–C–C–N with tert-alkyl or cyclic N) is 1. The quantitative estimate of drug-likeness (QED) is 0.575. The second kappa shape index (κ2) is 9.43. The molecule has 1 aliphatic heterocycles. The molecule has 0 bridgehead atoms. The summed E-state index contributed by atoms with van der Waals surface area (Å²) in [5.41, 5.74) is 0.616. The van der Waals surface area contributed by atoms with E-state index in [0.717, 1.165) is 39.1 Å². The summed E-state index contributed by atoms with van der Waals surface area (Å²) >= 11 is 0. The zero-order valence-corrected chi connectivity index (χ0v) is 14.3. The largest absolute Gasteiger partial charge is 0.491 e. The average molecular weight is 330 g/mol. The van der Waals surface area contributed by atoms with E-state index in [2.05, 4.69) is 15.7 Å². The molecule has 0 radical (unpaired) electrons. The molecule has 1 aromatic carbocycles. The summed E-state index contributed by atoms with van der Waals surface area (Å²) in [6, 6.07) is 7.04. The van der Waals surface area contributed by atoms with E-state index < -0.39 is 6.10 Å². The van der Waals surface area contributed by atoms with Crippen molar-refractivity contribution in [3.05, 3.63) is 29.8 Å². The van der Waals surface area contributed by atoms with Crippen molar-refractivity contribution in [2.24, 2.45) is 0 Å². The molecule has 1 N–H and O–H groups in total. The lowest BCUT2D eigenvalue weighted by molar-refractivity contribution is 0.0465. The maximum atomic E-state index is 11.4. The minimum absolute atomic E-state index is 0.00343. The van der Waals surface area contributed by atoms with Gasteiger partial charge >= 0.3 is 0 Å². The number of ketones is 1. The van der Waals surface area contributed by atoms with Gasteiger partial charge in [0.05, 0.1) is 0 Å². The molecule has 0 amide bonds. The van der Waals surface area contributed by atoms with Crippen LogP contribution in [-0.2, 0) is 0 Å². The van der Waals surface area contributed by atoms with Crippen molar-refractivity contribution in [3.8, 4) is 18.1 Å². The van der Waals surface area contributed by atoms with E-state index in [-0.39, 0.29) is 12.4 Å². The van der Waals surface area contributed by atoms with Crippen LogP contribution in [0.1, 0.15) is 23.7 Å². The third-order valence-electron chi connectivity index (χ3n) is 4.19. The number of Topliss-reactive ketones (excluding diaryl/α,β-unsaturated/α-hetero) is 1. The van der Waals surface area contributed by atoms with Crippen LogP contribution in [0.3, 0.4) is 0 Å². The number of hydrogen-bond acceptors (Lipinski definition) is 5. The van der Waals surface area contributed by atoms with E-state index in [1.807, 2.05) is 0 Å². The van der Waals surface area contributed by atoms with E-state index in [1.165, 1.54) is 6.92 Å². The van der Waals surface area contributed by atoms with Gasteiger partial charge in [0.25, 0.3) is 0 Å². The molecule has 0 aromatic heterocycles. The van der Waals surface area contributed by atoms with Gasteiger partial charge in [-0.2, -0.15) is 0 Å². The molecule has 2 rings (SSSR count). The number of rotatable bonds is 8. The first-order valence-corrected chi connectivity index (χ1v) is 8.38. The van der Waals surface area contributed by atoms with Crippen LogP contribution in [0, 0.1) is 12.3 Å². The summed E-state index contributed by atoms with van der Waals surface area (Å²) in [6.45, 7) is 7.11. The van der Waals surface area contributed by atoms with Gasteiger partial charge in [0.15, 0.2) is 5.78 Å². The number of aliphatic hydroxyl groups is 1. The summed E-state index contributed by atoms with van der Waals surface area (Å²) in [4.78, 5) is 16.0. The fourth-order valence-electron chi connectivity index (χ4n) is 2.77.